The molecule has 1 aromatic carbocycles. The lowest BCUT2D eigenvalue weighted by molar-refractivity contribution is 0.0139. The van der Waals surface area contributed by atoms with Gasteiger partial charge in [-0.1, -0.05) is 31.7 Å². The van der Waals surface area contributed by atoms with Gasteiger partial charge in [0, 0.05) is 43.7 Å². The van der Waals surface area contributed by atoms with E-state index in [0.717, 1.165) is 42.1 Å². The molecule has 0 radical (unpaired) electrons. The third kappa shape index (κ3) is 6.54. The number of ether oxygens (including phenoxy) is 1. The van der Waals surface area contributed by atoms with E-state index in [1.54, 1.807) is 4.90 Å². The van der Waals surface area contributed by atoms with Gasteiger partial charge in [0.25, 0.3) is 5.91 Å². The normalized spacial score (nSPS) is 25.6. The summed E-state index contributed by atoms with van der Waals surface area (Å²) < 4.78 is 6.34. The van der Waals surface area contributed by atoms with Gasteiger partial charge in [-0.3, -0.25) is 9.69 Å². The fourth-order valence-electron chi connectivity index (χ4n) is 5.95. The third-order valence-corrected chi connectivity index (χ3v) is 8.38. The van der Waals surface area contributed by atoms with Crippen molar-refractivity contribution in [2.75, 3.05) is 32.7 Å². The van der Waals surface area contributed by atoms with Crippen LogP contribution < -0.4 is 5.32 Å². The predicted molar refractivity (Wildman–Crippen MR) is 138 cm³/mol. The maximum atomic E-state index is 13.1. The molecule has 6 nitrogen and oxygen atoms in total. The minimum absolute atomic E-state index is 0.0190. The molecule has 0 unspecified atom stereocenters. The van der Waals surface area contributed by atoms with E-state index in [-0.39, 0.29) is 12.0 Å². The molecule has 0 aromatic heterocycles. The number of hydrogen-bond acceptors (Lipinski definition) is 4. The highest BCUT2D eigenvalue weighted by Gasteiger charge is 2.39. The van der Waals surface area contributed by atoms with Gasteiger partial charge in [-0.15, -0.1) is 0 Å². The van der Waals surface area contributed by atoms with Gasteiger partial charge in [0.15, 0.2) is 0 Å². The first-order chi connectivity index (χ1) is 16.1. The Morgan fingerprint density at radius 2 is 1.79 bits per heavy atom. The summed E-state index contributed by atoms with van der Waals surface area (Å²) in [5, 5.41) is 3.28. The summed E-state index contributed by atoms with van der Waals surface area (Å²) in [6.45, 7) is 10.1. The number of nitrogens with one attached hydrogen (secondary N) is 1. The van der Waals surface area contributed by atoms with Gasteiger partial charge in [-0.25, -0.2) is 4.79 Å². The molecule has 3 fully saturated rings. The molecule has 1 saturated heterocycles. The van der Waals surface area contributed by atoms with Crippen molar-refractivity contribution < 1.29 is 14.3 Å². The van der Waals surface area contributed by atoms with E-state index < -0.39 is 5.60 Å². The lowest BCUT2D eigenvalue weighted by Gasteiger charge is -2.45. The van der Waals surface area contributed by atoms with Crippen LogP contribution in [0.3, 0.4) is 0 Å². The van der Waals surface area contributed by atoms with Crippen LogP contribution in [0.4, 0.5) is 4.79 Å². The number of piperazine rings is 1. The molecule has 2 aliphatic carbocycles. The van der Waals surface area contributed by atoms with Crippen molar-refractivity contribution in [2.45, 2.75) is 77.9 Å². The number of nitrogens with zero attached hydrogens (tertiary/aromatic N) is 2. The molecule has 0 atom stereocenters. The van der Waals surface area contributed by atoms with E-state index in [1.165, 1.54) is 44.9 Å². The molecule has 1 N–H and O–H groups in total. The molecule has 1 heterocycles. The number of fused-ring (bicyclic) bond motifs is 2. The van der Waals surface area contributed by atoms with E-state index >= 15 is 0 Å². The zero-order valence-electron chi connectivity index (χ0n) is 21.0. The first-order valence-corrected chi connectivity index (χ1v) is 13.7. The van der Waals surface area contributed by atoms with Crippen LogP contribution in [0.2, 0.25) is 0 Å². The fourth-order valence-corrected chi connectivity index (χ4v) is 6.38. The van der Waals surface area contributed by atoms with Gasteiger partial charge in [0.05, 0.1) is 5.56 Å². The van der Waals surface area contributed by atoms with E-state index in [9.17, 15) is 9.59 Å². The van der Waals surface area contributed by atoms with Crippen molar-refractivity contribution in [3.8, 4) is 0 Å². The van der Waals surface area contributed by atoms with E-state index in [2.05, 4.69) is 32.2 Å². The van der Waals surface area contributed by atoms with Crippen molar-refractivity contribution in [1.29, 1.82) is 0 Å². The van der Waals surface area contributed by atoms with Gasteiger partial charge in [-0.05, 0) is 85.0 Å². The second kappa shape index (κ2) is 10.6. The Morgan fingerprint density at radius 3 is 2.44 bits per heavy atom. The molecule has 188 valence electrons. The highest BCUT2D eigenvalue weighted by molar-refractivity contribution is 9.10. The highest BCUT2D eigenvalue weighted by atomic mass is 79.9. The molecule has 34 heavy (non-hydrogen) atoms. The lowest BCUT2D eigenvalue weighted by atomic mass is 9.62. The second-order valence-corrected chi connectivity index (χ2v) is 12.4. The number of carbonyl (C=O) groups excluding carboxylic acids is 2. The zero-order valence-corrected chi connectivity index (χ0v) is 22.6. The Bertz CT molecular complexity index is 880. The van der Waals surface area contributed by atoms with Crippen LogP contribution in [0.25, 0.3) is 0 Å². The number of benzene rings is 1. The summed E-state index contributed by atoms with van der Waals surface area (Å²) in [7, 11) is 0. The van der Waals surface area contributed by atoms with Crippen LogP contribution in [0.1, 0.15) is 81.6 Å². The molecule has 0 spiro atoms. The zero-order chi connectivity index (χ0) is 24.3. The van der Waals surface area contributed by atoms with Crippen molar-refractivity contribution >= 4 is 27.9 Å². The summed E-state index contributed by atoms with van der Waals surface area (Å²) in [5.41, 5.74) is 1.67. The largest absolute Gasteiger partial charge is 0.444 e. The summed E-state index contributed by atoms with van der Waals surface area (Å²) in [5.74, 6) is 0.885. The van der Waals surface area contributed by atoms with Crippen LogP contribution in [0, 0.1) is 11.3 Å². The summed E-state index contributed by atoms with van der Waals surface area (Å²) >= 11 is 3.59. The van der Waals surface area contributed by atoms with Crippen LogP contribution in [-0.2, 0) is 11.3 Å². The van der Waals surface area contributed by atoms with E-state index in [0.29, 0.717) is 24.1 Å². The van der Waals surface area contributed by atoms with Gasteiger partial charge in [0.2, 0.25) is 0 Å². The quantitative estimate of drug-likeness (QED) is 0.535. The second-order valence-electron chi connectivity index (χ2n) is 11.6. The van der Waals surface area contributed by atoms with Crippen molar-refractivity contribution in [1.82, 2.24) is 15.1 Å². The Morgan fingerprint density at radius 1 is 1.12 bits per heavy atom. The fraction of sp³-hybridized carbons (Fsp3) is 0.704. The number of halogens is 1. The number of amides is 2. The number of carbonyl (C=O) groups is 2. The van der Waals surface area contributed by atoms with Crippen LogP contribution in [0.5, 0.6) is 0 Å². The molecule has 1 aromatic rings. The van der Waals surface area contributed by atoms with Crippen LogP contribution >= 0.6 is 15.9 Å². The molecular weight excluding hydrogens is 494 g/mol. The molecule has 2 amide bonds. The maximum Gasteiger partial charge on any atom is 0.410 e. The first kappa shape index (κ1) is 25.5. The maximum absolute atomic E-state index is 13.1. The first-order valence-electron chi connectivity index (χ1n) is 12.9. The topological polar surface area (TPSA) is 61.9 Å². The molecule has 3 aliphatic rings. The van der Waals surface area contributed by atoms with Gasteiger partial charge < -0.3 is 15.0 Å². The molecule has 7 heteroatoms. The van der Waals surface area contributed by atoms with E-state index in [1.807, 2.05) is 32.9 Å². The Balaban J connectivity index is 1.31. The smallest absolute Gasteiger partial charge is 0.410 e. The monoisotopic (exact) mass is 533 g/mol. The minimum Gasteiger partial charge on any atom is -0.444 e. The molecular formula is C27H40BrN3O3. The summed E-state index contributed by atoms with van der Waals surface area (Å²) in [4.78, 5) is 29.6. The Kier molecular flexibility index (Phi) is 7.92. The van der Waals surface area contributed by atoms with Crippen LogP contribution in [-0.4, -0.2) is 60.1 Å². The molecule has 2 saturated carbocycles. The van der Waals surface area contributed by atoms with Crippen LogP contribution in [0.15, 0.2) is 22.7 Å². The van der Waals surface area contributed by atoms with Crippen molar-refractivity contribution in [3.05, 3.63) is 33.8 Å². The third-order valence-electron chi connectivity index (χ3n) is 7.69. The van der Waals surface area contributed by atoms with Crippen molar-refractivity contribution in [2.24, 2.45) is 11.3 Å². The van der Waals surface area contributed by atoms with Gasteiger partial charge >= 0.3 is 6.09 Å². The van der Waals surface area contributed by atoms with E-state index in [4.69, 9.17) is 4.74 Å². The minimum atomic E-state index is -0.474. The Labute approximate surface area is 212 Å². The lowest BCUT2D eigenvalue weighted by Crippen LogP contribution is -2.49. The molecule has 1 aliphatic heterocycles. The Hall–Kier alpha value is -1.60. The predicted octanol–water partition coefficient (Wildman–Crippen LogP) is 5.59. The summed E-state index contributed by atoms with van der Waals surface area (Å²) in [6, 6.07) is 6.07. The van der Waals surface area contributed by atoms with Crippen molar-refractivity contribution in [3.63, 3.8) is 0 Å². The average molecular weight is 535 g/mol. The number of hydrogen-bond donors (Lipinski definition) is 1. The highest BCUT2D eigenvalue weighted by Crippen LogP contribution is 2.48. The molecule has 4 rings (SSSR count). The number of rotatable bonds is 5. The standard InChI is InChI=1S/C27H40BrN3O3/c1-26(2,3)34-25(33)31-14-12-30(13-15-31)18-21-8-9-23(28)22(16-21)24(32)29-19-27-10-4-6-20(17-27)7-5-11-27/h8-9,16,20H,4-7,10-15,17-19H2,1-3H3,(H,29,32). The summed E-state index contributed by atoms with van der Waals surface area (Å²) in [6.07, 6.45) is 8.90. The molecule has 2 bridgehead atoms. The average Bonchev–Trinajstić information content (AvgIpc) is 2.78. The van der Waals surface area contributed by atoms with Gasteiger partial charge in [0.1, 0.15) is 5.60 Å². The SMILES string of the molecule is CC(C)(C)OC(=O)N1CCN(Cc2ccc(Br)c(C(=O)NCC34CCCC(CCC3)C4)c2)CC1. The van der Waals surface area contributed by atoms with Gasteiger partial charge in [-0.2, -0.15) is 0 Å².